The van der Waals surface area contributed by atoms with Crippen LogP contribution in [-0.2, 0) is 9.53 Å². The summed E-state index contributed by atoms with van der Waals surface area (Å²) in [5, 5.41) is 12.0. The molecule has 0 bridgehead atoms. The first-order valence-corrected chi connectivity index (χ1v) is 11.0. The van der Waals surface area contributed by atoms with Crippen molar-refractivity contribution in [3.8, 4) is 11.1 Å². The number of ether oxygens (including phenoxy) is 1. The molecule has 2 aromatic carbocycles. The molecule has 1 aliphatic carbocycles. The van der Waals surface area contributed by atoms with Gasteiger partial charge in [0.1, 0.15) is 12.6 Å². The number of nitrogens with zero attached hydrogens (tertiary/aromatic N) is 1. The number of aliphatic carboxylic acids is 1. The maximum atomic E-state index is 12.4. The summed E-state index contributed by atoms with van der Waals surface area (Å²) in [6, 6.07) is 15.3. The molecular weight excluding hydrogens is 392 g/mol. The summed E-state index contributed by atoms with van der Waals surface area (Å²) < 4.78 is 5.48. The van der Waals surface area contributed by atoms with Crippen molar-refractivity contribution in [3.63, 3.8) is 0 Å². The highest BCUT2D eigenvalue weighted by molar-refractivity contribution is 5.81. The molecule has 2 aromatic rings. The average Bonchev–Trinajstić information content (AvgIpc) is 3.09. The number of alkyl carbamates (subject to hydrolysis) is 1. The number of hydrogen-bond donors (Lipinski definition) is 2. The van der Waals surface area contributed by atoms with Crippen LogP contribution in [0, 0.1) is 0 Å². The molecule has 0 spiro atoms. The maximum absolute atomic E-state index is 12.4. The molecule has 31 heavy (non-hydrogen) atoms. The first-order chi connectivity index (χ1) is 15.0. The number of benzene rings is 2. The van der Waals surface area contributed by atoms with E-state index in [1.54, 1.807) is 0 Å². The van der Waals surface area contributed by atoms with Gasteiger partial charge in [-0.3, -0.25) is 0 Å². The molecule has 2 N–H and O–H groups in total. The summed E-state index contributed by atoms with van der Waals surface area (Å²) in [7, 11) is 2.03. The highest BCUT2D eigenvalue weighted by Gasteiger charge is 2.29. The van der Waals surface area contributed by atoms with E-state index in [0.717, 1.165) is 48.2 Å². The van der Waals surface area contributed by atoms with Crippen molar-refractivity contribution in [2.24, 2.45) is 0 Å². The highest BCUT2D eigenvalue weighted by Crippen LogP contribution is 2.44. The summed E-state index contributed by atoms with van der Waals surface area (Å²) in [4.78, 5) is 26.1. The quantitative estimate of drug-likeness (QED) is 0.556. The topological polar surface area (TPSA) is 78.9 Å². The molecule has 0 saturated heterocycles. The molecule has 166 valence electrons. The zero-order valence-corrected chi connectivity index (χ0v) is 18.3. The van der Waals surface area contributed by atoms with Crippen LogP contribution in [0.2, 0.25) is 0 Å². The smallest absolute Gasteiger partial charge is 0.407 e. The third-order valence-electron chi connectivity index (χ3n) is 5.86. The maximum Gasteiger partial charge on any atom is 0.407 e. The van der Waals surface area contributed by atoms with Gasteiger partial charge in [0.2, 0.25) is 0 Å². The zero-order valence-electron chi connectivity index (χ0n) is 18.3. The third kappa shape index (κ3) is 5.85. The lowest BCUT2D eigenvalue weighted by molar-refractivity contribution is -0.139. The number of unbranched alkanes of at least 4 members (excludes halogenated alkanes) is 1. The van der Waals surface area contributed by atoms with Gasteiger partial charge in [0.25, 0.3) is 0 Å². The lowest BCUT2D eigenvalue weighted by atomic mass is 9.98. The number of fused-ring (bicyclic) bond motifs is 3. The Balaban J connectivity index is 1.53. The van der Waals surface area contributed by atoms with Crippen molar-refractivity contribution in [1.82, 2.24) is 10.2 Å². The van der Waals surface area contributed by atoms with Crippen molar-refractivity contribution in [2.75, 3.05) is 26.7 Å². The SMILES string of the molecule is CCCCN(C)CCC[C@H](NC(=O)OCC1c2ccccc2-c2ccccc21)C(=O)O. The van der Waals surface area contributed by atoms with Crippen LogP contribution >= 0.6 is 0 Å². The molecule has 1 atom stereocenters. The van der Waals surface area contributed by atoms with E-state index in [-0.39, 0.29) is 12.5 Å². The van der Waals surface area contributed by atoms with Gasteiger partial charge in [-0.05, 0) is 61.7 Å². The first kappa shape index (κ1) is 22.8. The minimum atomic E-state index is -1.04. The minimum Gasteiger partial charge on any atom is -0.480 e. The molecule has 1 aliphatic rings. The van der Waals surface area contributed by atoms with Crippen molar-refractivity contribution < 1.29 is 19.4 Å². The van der Waals surface area contributed by atoms with Gasteiger partial charge in [-0.1, -0.05) is 61.9 Å². The summed E-state index contributed by atoms with van der Waals surface area (Å²) >= 11 is 0. The molecule has 6 heteroatoms. The van der Waals surface area contributed by atoms with Crippen LogP contribution in [0.5, 0.6) is 0 Å². The Hall–Kier alpha value is -2.86. The van der Waals surface area contributed by atoms with Crippen LogP contribution in [0.25, 0.3) is 11.1 Å². The van der Waals surface area contributed by atoms with E-state index in [0.29, 0.717) is 12.8 Å². The van der Waals surface area contributed by atoms with E-state index in [9.17, 15) is 14.7 Å². The molecule has 0 unspecified atom stereocenters. The molecule has 3 rings (SSSR count). The van der Waals surface area contributed by atoms with Crippen molar-refractivity contribution in [3.05, 3.63) is 59.7 Å². The molecule has 1 amide bonds. The van der Waals surface area contributed by atoms with Crippen LogP contribution in [0.4, 0.5) is 4.79 Å². The summed E-state index contributed by atoms with van der Waals surface area (Å²) in [5.41, 5.74) is 4.56. The predicted octanol–water partition coefficient (Wildman–Crippen LogP) is 4.49. The molecule has 0 aromatic heterocycles. The number of carboxylic acid groups (broad SMARTS) is 1. The third-order valence-corrected chi connectivity index (χ3v) is 5.86. The monoisotopic (exact) mass is 424 g/mol. The Labute approximate surface area is 184 Å². The number of carbonyl (C=O) groups excluding carboxylic acids is 1. The fourth-order valence-electron chi connectivity index (χ4n) is 4.14. The number of carbonyl (C=O) groups is 2. The van der Waals surface area contributed by atoms with Crippen molar-refractivity contribution in [2.45, 2.75) is 44.6 Å². The standard InChI is InChI=1S/C25H32N2O4/c1-3-4-15-27(2)16-9-14-23(24(28)29)26-25(30)31-17-22-20-12-7-5-10-18(20)19-11-6-8-13-21(19)22/h5-8,10-13,22-23H,3-4,9,14-17H2,1-2H3,(H,26,30)(H,28,29)/t23-/m0/s1. The van der Waals surface area contributed by atoms with Crippen LogP contribution in [0.3, 0.4) is 0 Å². The molecule has 0 radical (unpaired) electrons. The first-order valence-electron chi connectivity index (χ1n) is 11.0. The van der Waals surface area contributed by atoms with Gasteiger partial charge in [0.15, 0.2) is 0 Å². The Morgan fingerprint density at radius 2 is 1.61 bits per heavy atom. The number of nitrogens with one attached hydrogen (secondary N) is 1. The molecule has 0 heterocycles. The zero-order chi connectivity index (χ0) is 22.2. The summed E-state index contributed by atoms with van der Waals surface area (Å²) in [6.45, 7) is 4.11. The van der Waals surface area contributed by atoms with E-state index in [1.807, 2.05) is 31.3 Å². The van der Waals surface area contributed by atoms with E-state index in [4.69, 9.17) is 4.74 Å². The van der Waals surface area contributed by atoms with Crippen molar-refractivity contribution in [1.29, 1.82) is 0 Å². The predicted molar refractivity (Wildman–Crippen MR) is 121 cm³/mol. The molecule has 0 aliphatic heterocycles. The van der Waals surface area contributed by atoms with Gasteiger partial charge in [-0.25, -0.2) is 9.59 Å². The molecule has 0 fully saturated rings. The fraction of sp³-hybridized carbons (Fsp3) is 0.440. The van der Waals surface area contributed by atoms with Crippen LogP contribution in [0.15, 0.2) is 48.5 Å². The Morgan fingerprint density at radius 1 is 1.03 bits per heavy atom. The second kappa shape index (κ2) is 11.0. The summed E-state index contributed by atoms with van der Waals surface area (Å²) in [5.74, 6) is -1.08. The molecule has 6 nitrogen and oxygen atoms in total. The van der Waals surface area contributed by atoms with Gasteiger partial charge in [-0.2, -0.15) is 0 Å². The normalized spacial score (nSPS) is 13.5. The minimum absolute atomic E-state index is 0.0476. The number of rotatable bonds is 11. The molecule has 0 saturated carbocycles. The van der Waals surface area contributed by atoms with Crippen LogP contribution in [0.1, 0.15) is 49.7 Å². The Kier molecular flexibility index (Phi) is 8.06. The van der Waals surface area contributed by atoms with Gasteiger partial charge < -0.3 is 20.1 Å². The van der Waals surface area contributed by atoms with Gasteiger partial charge in [0.05, 0.1) is 0 Å². The Morgan fingerprint density at radius 3 is 2.19 bits per heavy atom. The lowest BCUT2D eigenvalue weighted by Gasteiger charge is -2.19. The van der Waals surface area contributed by atoms with Crippen LogP contribution in [-0.4, -0.2) is 54.9 Å². The lowest BCUT2D eigenvalue weighted by Crippen LogP contribution is -2.41. The van der Waals surface area contributed by atoms with Gasteiger partial charge in [-0.15, -0.1) is 0 Å². The van der Waals surface area contributed by atoms with E-state index >= 15 is 0 Å². The summed E-state index contributed by atoms with van der Waals surface area (Å²) in [6.07, 6.45) is 2.63. The van der Waals surface area contributed by atoms with Crippen molar-refractivity contribution >= 4 is 12.1 Å². The highest BCUT2D eigenvalue weighted by atomic mass is 16.5. The Bertz CT molecular complexity index is 853. The molecular formula is C25H32N2O4. The van der Waals surface area contributed by atoms with Gasteiger partial charge >= 0.3 is 12.1 Å². The van der Waals surface area contributed by atoms with E-state index in [1.165, 1.54) is 0 Å². The van der Waals surface area contributed by atoms with E-state index < -0.39 is 18.1 Å². The number of hydrogen-bond acceptors (Lipinski definition) is 4. The number of carboxylic acids is 1. The second-order valence-electron chi connectivity index (χ2n) is 8.16. The number of amides is 1. The van der Waals surface area contributed by atoms with Gasteiger partial charge in [0, 0.05) is 5.92 Å². The largest absolute Gasteiger partial charge is 0.480 e. The van der Waals surface area contributed by atoms with Crippen LogP contribution < -0.4 is 5.32 Å². The van der Waals surface area contributed by atoms with E-state index in [2.05, 4.69) is 41.4 Å². The second-order valence-corrected chi connectivity index (χ2v) is 8.16. The average molecular weight is 425 g/mol. The fourth-order valence-corrected chi connectivity index (χ4v) is 4.14.